The van der Waals surface area contributed by atoms with Crippen LogP contribution in [0, 0.1) is 17.2 Å². The molecule has 1 aromatic heterocycles. The monoisotopic (exact) mass is 599 g/mol. The van der Waals surface area contributed by atoms with Gasteiger partial charge < -0.3 is 24.5 Å². The third kappa shape index (κ3) is 7.61. The number of likely N-dealkylation sites (N-methyl/N-ethyl adjacent to an activating group) is 1. The number of aromatic nitrogens is 3. The summed E-state index contributed by atoms with van der Waals surface area (Å²) in [5, 5.41) is 18.9. The van der Waals surface area contributed by atoms with E-state index in [0.29, 0.717) is 24.3 Å². The Bertz CT molecular complexity index is 1230. The van der Waals surface area contributed by atoms with Crippen molar-refractivity contribution < 1.29 is 19.0 Å². The van der Waals surface area contributed by atoms with E-state index in [-0.39, 0.29) is 46.7 Å². The number of rotatable bonds is 13. The number of ether oxygens (including phenoxy) is 1. The molecule has 2 saturated heterocycles. The molecule has 1 N–H and O–H groups in total. The Balaban J connectivity index is 1.48. The molecule has 2 aromatic rings. The van der Waals surface area contributed by atoms with Crippen LogP contribution in [0.3, 0.4) is 0 Å². The molecule has 43 heavy (non-hydrogen) atoms. The Kier molecular flexibility index (Phi) is 10.6. The average Bonchev–Trinajstić information content (AvgIpc) is 3.37. The average molecular weight is 600 g/mol. The third-order valence-corrected chi connectivity index (χ3v) is 8.93. The number of benzene rings is 1. The summed E-state index contributed by atoms with van der Waals surface area (Å²) in [6.45, 7) is 19.4. The fourth-order valence-corrected chi connectivity index (χ4v) is 6.72. The predicted molar refractivity (Wildman–Crippen MR) is 166 cm³/mol. The summed E-state index contributed by atoms with van der Waals surface area (Å²) in [4.78, 5) is 26.6. The van der Waals surface area contributed by atoms with E-state index in [1.165, 1.54) is 24.5 Å². The van der Waals surface area contributed by atoms with Gasteiger partial charge in [-0.05, 0) is 78.2 Å². The first kappa shape index (κ1) is 33.0. The maximum absolute atomic E-state index is 14.4. The number of likely N-dealkylation sites (tertiary alicyclic amines) is 1. The number of nitrogens with zero attached hydrogens (tertiary/aromatic N) is 7. The molecule has 0 saturated carbocycles. The van der Waals surface area contributed by atoms with Crippen LogP contribution in [-0.2, 0) is 0 Å². The number of aliphatic hydroxyl groups excluding tert-OH is 1. The van der Waals surface area contributed by atoms with Crippen LogP contribution in [0.15, 0.2) is 24.5 Å². The van der Waals surface area contributed by atoms with Gasteiger partial charge in [0.25, 0.3) is 11.8 Å². The molecule has 3 heterocycles. The van der Waals surface area contributed by atoms with Crippen LogP contribution < -0.4 is 9.64 Å². The fraction of sp³-hybridized carbons (Fsp3) is 0.688. The molecule has 1 spiro atoms. The van der Waals surface area contributed by atoms with Gasteiger partial charge in [-0.15, -0.1) is 10.2 Å². The smallest absolute Gasteiger partial charge is 0.282 e. The Labute approximate surface area is 256 Å². The Morgan fingerprint density at radius 3 is 2.47 bits per heavy atom. The lowest BCUT2D eigenvalue weighted by Gasteiger charge is -2.53. The van der Waals surface area contributed by atoms with Crippen LogP contribution in [0.4, 0.5) is 10.2 Å². The molecule has 10 nitrogen and oxygen atoms in total. The molecule has 1 aromatic carbocycles. The van der Waals surface area contributed by atoms with Gasteiger partial charge in [0, 0.05) is 56.3 Å². The van der Waals surface area contributed by atoms with Crippen LogP contribution >= 0.6 is 0 Å². The summed E-state index contributed by atoms with van der Waals surface area (Å²) in [6.07, 6.45) is 2.83. The molecule has 0 radical (unpaired) electrons. The highest BCUT2D eigenvalue weighted by molar-refractivity contribution is 5.97. The molecule has 0 bridgehead atoms. The summed E-state index contributed by atoms with van der Waals surface area (Å²) < 4.78 is 20.6. The minimum atomic E-state index is -0.513. The van der Waals surface area contributed by atoms with E-state index in [1.807, 2.05) is 34.7 Å². The number of hydrogen-bond donors (Lipinski definition) is 1. The molecule has 2 aliphatic rings. The maximum Gasteiger partial charge on any atom is 0.282 e. The molecule has 11 heteroatoms. The fourth-order valence-electron chi connectivity index (χ4n) is 6.72. The predicted octanol–water partition coefficient (Wildman–Crippen LogP) is 4.30. The van der Waals surface area contributed by atoms with Gasteiger partial charge in [-0.1, -0.05) is 20.8 Å². The van der Waals surface area contributed by atoms with E-state index in [9.17, 15) is 14.3 Å². The summed E-state index contributed by atoms with van der Waals surface area (Å²) >= 11 is 0. The minimum absolute atomic E-state index is 0.0727. The largest absolute Gasteiger partial charge is 0.434 e. The summed E-state index contributed by atoms with van der Waals surface area (Å²) in [7, 11) is 2.04. The quantitative estimate of drug-likeness (QED) is 0.361. The summed E-state index contributed by atoms with van der Waals surface area (Å²) in [6, 6.07) is 4.14. The standard InChI is InChI=1S/C32H50FN7O3/c1-9-37(8)16-25(41)15-27(21(2)3)39-18-32(19-39)12-13-38(17-32)29-30(36-35-20-34-29)43-28-11-10-24(33)14-26(28)31(42)40(22(4)5)23(6)7/h10-11,14,20-23,25,27,41H,9,12-13,15-19H2,1-8H3/t25-,27-/m0/s1. The lowest BCUT2D eigenvalue weighted by Crippen LogP contribution is -2.62. The van der Waals surface area contributed by atoms with Crippen LogP contribution in [0.25, 0.3) is 0 Å². The molecular formula is C32H50FN7O3. The highest BCUT2D eigenvalue weighted by Crippen LogP contribution is 2.44. The highest BCUT2D eigenvalue weighted by atomic mass is 19.1. The van der Waals surface area contributed by atoms with Crippen LogP contribution in [0.5, 0.6) is 11.6 Å². The van der Waals surface area contributed by atoms with E-state index in [4.69, 9.17) is 4.74 Å². The van der Waals surface area contributed by atoms with Gasteiger partial charge in [0.05, 0.1) is 11.7 Å². The van der Waals surface area contributed by atoms with E-state index in [0.717, 1.165) is 45.6 Å². The summed E-state index contributed by atoms with van der Waals surface area (Å²) in [5.74, 6) is 0.603. The van der Waals surface area contributed by atoms with Crippen molar-refractivity contribution in [3.8, 4) is 11.6 Å². The van der Waals surface area contributed by atoms with Crippen LogP contribution in [-0.4, -0.2) is 111 Å². The highest BCUT2D eigenvalue weighted by Gasteiger charge is 2.50. The van der Waals surface area contributed by atoms with Gasteiger partial charge >= 0.3 is 0 Å². The molecule has 2 atom stereocenters. The van der Waals surface area contributed by atoms with Gasteiger partial charge in [0.2, 0.25) is 0 Å². The molecule has 0 unspecified atom stereocenters. The minimum Gasteiger partial charge on any atom is -0.434 e. The zero-order valence-corrected chi connectivity index (χ0v) is 27.1. The molecular weight excluding hydrogens is 549 g/mol. The zero-order chi connectivity index (χ0) is 31.5. The van der Waals surface area contributed by atoms with Crippen LogP contribution in [0.2, 0.25) is 0 Å². The Hall–Kier alpha value is -2.89. The number of halogens is 1. The van der Waals surface area contributed by atoms with Crippen molar-refractivity contribution in [2.24, 2.45) is 11.3 Å². The van der Waals surface area contributed by atoms with E-state index in [1.54, 1.807) is 4.90 Å². The molecule has 1 amide bonds. The van der Waals surface area contributed by atoms with Gasteiger partial charge in [0.15, 0.2) is 5.82 Å². The van der Waals surface area contributed by atoms with Gasteiger partial charge in [0.1, 0.15) is 17.9 Å². The van der Waals surface area contributed by atoms with Gasteiger partial charge in [-0.2, -0.15) is 0 Å². The Morgan fingerprint density at radius 2 is 1.84 bits per heavy atom. The number of hydrogen-bond acceptors (Lipinski definition) is 9. The normalized spacial score (nSPS) is 18.1. The van der Waals surface area contributed by atoms with E-state index >= 15 is 0 Å². The number of amides is 1. The van der Waals surface area contributed by atoms with Gasteiger partial charge in [-0.25, -0.2) is 9.37 Å². The SMILES string of the molecule is CCN(C)C[C@@H](O)C[C@@H](C(C)C)N1CC2(CCN(c3ncnnc3Oc3ccc(F)cc3C(=O)N(C(C)C)C(C)C)C2)C1. The van der Waals surface area contributed by atoms with Crippen molar-refractivity contribution in [2.45, 2.75) is 85.5 Å². The Morgan fingerprint density at radius 1 is 1.14 bits per heavy atom. The number of anilines is 1. The molecule has 0 aliphatic carbocycles. The van der Waals surface area contributed by atoms with E-state index in [2.05, 4.69) is 50.7 Å². The number of carbonyl (C=O) groups excluding carboxylic acids is 1. The number of aliphatic hydroxyl groups is 1. The first-order valence-electron chi connectivity index (χ1n) is 15.7. The lowest BCUT2D eigenvalue weighted by atomic mass is 9.76. The lowest BCUT2D eigenvalue weighted by molar-refractivity contribution is -0.0480. The molecule has 2 fully saturated rings. The van der Waals surface area contributed by atoms with Crippen molar-refractivity contribution in [3.63, 3.8) is 0 Å². The van der Waals surface area contributed by atoms with Crippen molar-refractivity contribution in [2.75, 3.05) is 51.2 Å². The van der Waals surface area contributed by atoms with Crippen LogP contribution in [0.1, 0.15) is 71.7 Å². The first-order valence-corrected chi connectivity index (χ1v) is 15.7. The third-order valence-electron chi connectivity index (χ3n) is 8.93. The second kappa shape index (κ2) is 13.8. The second-order valence-corrected chi connectivity index (χ2v) is 13.4. The maximum atomic E-state index is 14.4. The topological polar surface area (TPSA) is 98.2 Å². The summed E-state index contributed by atoms with van der Waals surface area (Å²) in [5.41, 5.74) is 0.269. The first-order chi connectivity index (χ1) is 20.3. The van der Waals surface area contributed by atoms with Crippen molar-refractivity contribution in [1.82, 2.24) is 29.9 Å². The van der Waals surface area contributed by atoms with Crippen molar-refractivity contribution in [1.29, 1.82) is 0 Å². The van der Waals surface area contributed by atoms with Gasteiger partial charge in [-0.3, -0.25) is 9.69 Å². The number of carbonyl (C=O) groups is 1. The van der Waals surface area contributed by atoms with E-state index < -0.39 is 5.82 Å². The molecule has 2 aliphatic heterocycles. The van der Waals surface area contributed by atoms with Crippen molar-refractivity contribution >= 4 is 11.7 Å². The second-order valence-electron chi connectivity index (χ2n) is 13.4. The molecule has 238 valence electrons. The van der Waals surface area contributed by atoms with Crippen molar-refractivity contribution in [3.05, 3.63) is 35.9 Å². The zero-order valence-electron chi connectivity index (χ0n) is 27.1. The molecule has 4 rings (SSSR count).